The van der Waals surface area contributed by atoms with Crippen LogP contribution in [0.25, 0.3) is 0 Å². The summed E-state index contributed by atoms with van der Waals surface area (Å²) in [5.41, 5.74) is 5.89. The summed E-state index contributed by atoms with van der Waals surface area (Å²) >= 11 is 0. The SMILES string of the molecule is CCNC(=O)C1COCCN1C(=O)CC1(N)CCCC1. The first-order chi connectivity index (χ1) is 9.56. The van der Waals surface area contributed by atoms with Crippen LogP contribution in [-0.4, -0.2) is 54.6 Å². The summed E-state index contributed by atoms with van der Waals surface area (Å²) in [4.78, 5) is 26.1. The topological polar surface area (TPSA) is 84.7 Å². The summed E-state index contributed by atoms with van der Waals surface area (Å²) < 4.78 is 5.34. The zero-order chi connectivity index (χ0) is 14.6. The van der Waals surface area contributed by atoms with Crippen LogP contribution >= 0.6 is 0 Å². The fourth-order valence-corrected chi connectivity index (χ4v) is 3.07. The van der Waals surface area contributed by atoms with E-state index >= 15 is 0 Å². The molecule has 2 fully saturated rings. The van der Waals surface area contributed by atoms with E-state index in [2.05, 4.69) is 5.32 Å². The molecule has 1 atom stereocenters. The van der Waals surface area contributed by atoms with Crippen LogP contribution in [-0.2, 0) is 14.3 Å². The average molecular weight is 283 g/mol. The number of morpholine rings is 1. The van der Waals surface area contributed by atoms with Gasteiger partial charge in [0.15, 0.2) is 0 Å². The zero-order valence-corrected chi connectivity index (χ0v) is 12.2. The standard InChI is InChI=1S/C14H25N3O3/c1-2-16-13(19)11-10-20-8-7-17(11)12(18)9-14(15)5-3-4-6-14/h11H,2-10,15H2,1H3,(H,16,19). The van der Waals surface area contributed by atoms with Crippen LogP contribution in [0.15, 0.2) is 0 Å². The molecule has 1 unspecified atom stereocenters. The lowest BCUT2D eigenvalue weighted by Gasteiger charge is -2.36. The van der Waals surface area contributed by atoms with Crippen LogP contribution in [0.3, 0.4) is 0 Å². The number of likely N-dealkylation sites (N-methyl/N-ethyl adjacent to an activating group) is 1. The highest BCUT2D eigenvalue weighted by Gasteiger charge is 2.37. The van der Waals surface area contributed by atoms with E-state index in [0.717, 1.165) is 25.7 Å². The lowest BCUT2D eigenvalue weighted by Crippen LogP contribution is -2.57. The molecule has 2 rings (SSSR count). The number of carbonyl (C=O) groups excluding carboxylic acids is 2. The Labute approximate surface area is 120 Å². The Morgan fingerprint density at radius 1 is 1.40 bits per heavy atom. The Morgan fingerprint density at radius 2 is 2.10 bits per heavy atom. The van der Waals surface area contributed by atoms with Crippen molar-refractivity contribution >= 4 is 11.8 Å². The molecular weight excluding hydrogens is 258 g/mol. The Morgan fingerprint density at radius 3 is 2.75 bits per heavy atom. The van der Waals surface area contributed by atoms with Gasteiger partial charge in [-0.25, -0.2) is 0 Å². The fraction of sp³-hybridized carbons (Fsp3) is 0.857. The quantitative estimate of drug-likeness (QED) is 0.761. The van der Waals surface area contributed by atoms with Crippen LogP contribution in [0.1, 0.15) is 39.0 Å². The lowest BCUT2D eigenvalue weighted by molar-refractivity contribution is -0.149. The van der Waals surface area contributed by atoms with Crippen LogP contribution in [0.2, 0.25) is 0 Å². The van der Waals surface area contributed by atoms with Gasteiger partial charge in [-0.2, -0.15) is 0 Å². The molecule has 3 N–H and O–H groups in total. The number of ether oxygens (including phenoxy) is 1. The number of rotatable bonds is 4. The van der Waals surface area contributed by atoms with Crippen LogP contribution in [0, 0.1) is 0 Å². The molecule has 6 nitrogen and oxygen atoms in total. The van der Waals surface area contributed by atoms with Crippen molar-refractivity contribution in [3.8, 4) is 0 Å². The van der Waals surface area contributed by atoms with Gasteiger partial charge in [0.1, 0.15) is 6.04 Å². The van der Waals surface area contributed by atoms with Crippen LogP contribution in [0.4, 0.5) is 0 Å². The number of hydrogen-bond acceptors (Lipinski definition) is 4. The molecule has 1 saturated heterocycles. The minimum Gasteiger partial charge on any atom is -0.377 e. The molecule has 20 heavy (non-hydrogen) atoms. The van der Waals surface area contributed by atoms with E-state index in [1.807, 2.05) is 6.92 Å². The van der Waals surface area contributed by atoms with Gasteiger partial charge in [0, 0.05) is 25.0 Å². The molecule has 0 aromatic rings. The van der Waals surface area contributed by atoms with Gasteiger partial charge in [0.25, 0.3) is 0 Å². The number of nitrogens with two attached hydrogens (primary N) is 1. The second kappa shape index (κ2) is 6.54. The van der Waals surface area contributed by atoms with Gasteiger partial charge in [-0.15, -0.1) is 0 Å². The minimum absolute atomic E-state index is 0.0195. The second-order valence-corrected chi connectivity index (χ2v) is 5.82. The minimum atomic E-state index is -0.513. The first-order valence-electron chi connectivity index (χ1n) is 7.49. The maximum Gasteiger partial charge on any atom is 0.245 e. The lowest BCUT2D eigenvalue weighted by atomic mass is 9.93. The van der Waals surface area contributed by atoms with Crippen molar-refractivity contribution in [2.75, 3.05) is 26.3 Å². The molecular formula is C14H25N3O3. The van der Waals surface area contributed by atoms with E-state index in [-0.39, 0.29) is 24.0 Å². The summed E-state index contributed by atoms with van der Waals surface area (Å²) in [5.74, 6) is -0.160. The number of amides is 2. The van der Waals surface area contributed by atoms with Crippen molar-refractivity contribution in [2.24, 2.45) is 5.73 Å². The first kappa shape index (κ1) is 15.3. The number of carbonyl (C=O) groups is 2. The van der Waals surface area contributed by atoms with Gasteiger partial charge in [-0.1, -0.05) is 12.8 Å². The average Bonchev–Trinajstić information content (AvgIpc) is 2.85. The van der Waals surface area contributed by atoms with Gasteiger partial charge < -0.3 is 20.7 Å². The largest absolute Gasteiger partial charge is 0.377 e. The number of hydrogen-bond donors (Lipinski definition) is 2. The van der Waals surface area contributed by atoms with E-state index in [1.54, 1.807) is 4.90 Å². The van der Waals surface area contributed by atoms with Gasteiger partial charge >= 0.3 is 0 Å². The van der Waals surface area contributed by atoms with Crippen LogP contribution < -0.4 is 11.1 Å². The zero-order valence-electron chi connectivity index (χ0n) is 12.2. The molecule has 114 valence electrons. The monoisotopic (exact) mass is 283 g/mol. The highest BCUT2D eigenvalue weighted by atomic mass is 16.5. The van der Waals surface area contributed by atoms with Gasteiger partial charge in [-0.05, 0) is 19.8 Å². The third-order valence-electron chi connectivity index (χ3n) is 4.21. The molecule has 0 radical (unpaired) electrons. The van der Waals surface area contributed by atoms with E-state index in [9.17, 15) is 9.59 Å². The fourth-order valence-electron chi connectivity index (χ4n) is 3.07. The molecule has 1 aliphatic carbocycles. The Hall–Kier alpha value is -1.14. The molecule has 6 heteroatoms. The summed E-state index contributed by atoms with van der Waals surface area (Å²) in [6.45, 7) is 3.64. The molecule has 2 aliphatic rings. The molecule has 0 spiro atoms. The summed E-state index contributed by atoms with van der Waals surface area (Å²) in [7, 11) is 0. The van der Waals surface area contributed by atoms with Crippen molar-refractivity contribution in [1.82, 2.24) is 10.2 Å². The predicted octanol–water partition coefficient (Wildman–Crippen LogP) is 0.0115. The van der Waals surface area contributed by atoms with E-state index in [1.165, 1.54) is 0 Å². The van der Waals surface area contributed by atoms with E-state index in [4.69, 9.17) is 10.5 Å². The van der Waals surface area contributed by atoms with Gasteiger partial charge in [0.05, 0.1) is 13.2 Å². The molecule has 0 aromatic carbocycles. The Kier molecular flexibility index (Phi) is 4.99. The Bertz CT molecular complexity index is 367. The maximum atomic E-state index is 12.5. The summed E-state index contributed by atoms with van der Waals surface area (Å²) in [6.07, 6.45) is 4.31. The third kappa shape index (κ3) is 3.49. The second-order valence-electron chi connectivity index (χ2n) is 5.82. The summed E-state index contributed by atoms with van der Waals surface area (Å²) in [5, 5.41) is 2.76. The molecule has 0 bridgehead atoms. The molecule has 1 aliphatic heterocycles. The molecule has 1 heterocycles. The van der Waals surface area contributed by atoms with Gasteiger partial charge in [-0.3, -0.25) is 9.59 Å². The predicted molar refractivity (Wildman–Crippen MR) is 75.0 cm³/mol. The van der Waals surface area contributed by atoms with Crippen molar-refractivity contribution in [2.45, 2.75) is 50.6 Å². The summed E-state index contributed by atoms with van der Waals surface area (Å²) in [6, 6.07) is -0.513. The smallest absolute Gasteiger partial charge is 0.245 e. The maximum absolute atomic E-state index is 12.5. The molecule has 1 saturated carbocycles. The molecule has 0 aromatic heterocycles. The highest BCUT2D eigenvalue weighted by molar-refractivity contribution is 5.88. The highest BCUT2D eigenvalue weighted by Crippen LogP contribution is 2.31. The van der Waals surface area contributed by atoms with Crippen molar-refractivity contribution in [3.05, 3.63) is 0 Å². The number of nitrogens with zero attached hydrogens (tertiary/aromatic N) is 1. The normalized spacial score (nSPS) is 25.5. The third-order valence-corrected chi connectivity index (χ3v) is 4.21. The Balaban J connectivity index is 1.99. The first-order valence-corrected chi connectivity index (χ1v) is 7.49. The van der Waals surface area contributed by atoms with E-state index in [0.29, 0.717) is 26.1 Å². The van der Waals surface area contributed by atoms with Crippen molar-refractivity contribution < 1.29 is 14.3 Å². The van der Waals surface area contributed by atoms with E-state index < -0.39 is 6.04 Å². The molecule has 2 amide bonds. The van der Waals surface area contributed by atoms with Crippen molar-refractivity contribution in [1.29, 1.82) is 0 Å². The number of nitrogens with one attached hydrogen (secondary N) is 1. The van der Waals surface area contributed by atoms with Crippen molar-refractivity contribution in [3.63, 3.8) is 0 Å². The van der Waals surface area contributed by atoms with Crippen LogP contribution in [0.5, 0.6) is 0 Å². The van der Waals surface area contributed by atoms with Gasteiger partial charge in [0.2, 0.25) is 11.8 Å².